The van der Waals surface area contributed by atoms with Crippen molar-refractivity contribution >= 4 is 22.5 Å². The van der Waals surface area contributed by atoms with Gasteiger partial charge < -0.3 is 15.2 Å². The second-order valence-corrected chi connectivity index (χ2v) is 10.2. The van der Waals surface area contributed by atoms with Crippen molar-refractivity contribution in [3.05, 3.63) is 66.2 Å². The first kappa shape index (κ1) is 21.5. The molecule has 1 spiro atoms. The maximum Gasteiger partial charge on any atom is 0.158 e. The average molecular weight is 482 g/mol. The second-order valence-electron chi connectivity index (χ2n) is 10.2. The number of fused-ring (bicyclic) bond motifs is 2. The number of nitrogens with one attached hydrogen (secondary N) is 2. The van der Waals surface area contributed by atoms with Gasteiger partial charge in [-0.05, 0) is 67.8 Å². The maximum absolute atomic E-state index is 13.8. The molecule has 0 radical (unpaired) electrons. The average Bonchev–Trinajstić information content (AvgIpc) is 3.63. The van der Waals surface area contributed by atoms with E-state index in [1.807, 2.05) is 22.8 Å². The minimum absolute atomic E-state index is 0.197. The van der Waals surface area contributed by atoms with Crippen molar-refractivity contribution in [1.82, 2.24) is 29.9 Å². The van der Waals surface area contributed by atoms with Crippen LogP contribution >= 0.6 is 0 Å². The molecule has 1 aliphatic heterocycles. The summed E-state index contributed by atoms with van der Waals surface area (Å²) in [6, 6.07) is 12.7. The van der Waals surface area contributed by atoms with Crippen LogP contribution in [0, 0.1) is 12.7 Å². The van der Waals surface area contributed by atoms with E-state index in [4.69, 9.17) is 10.1 Å². The second kappa shape index (κ2) is 8.13. The molecule has 2 aliphatic rings. The summed E-state index contributed by atoms with van der Waals surface area (Å²) in [5.74, 6) is 0.702. The molecule has 7 rings (SSSR count). The van der Waals surface area contributed by atoms with Crippen LogP contribution in [0.25, 0.3) is 39.2 Å². The van der Waals surface area contributed by atoms with Crippen molar-refractivity contribution in [2.45, 2.75) is 38.1 Å². The van der Waals surface area contributed by atoms with Gasteiger partial charge in [-0.2, -0.15) is 0 Å². The lowest BCUT2D eigenvalue weighted by molar-refractivity contribution is 0.302. The number of aromatic nitrogens is 5. The molecule has 1 saturated heterocycles. The lowest BCUT2D eigenvalue weighted by Gasteiger charge is -2.42. The van der Waals surface area contributed by atoms with Crippen molar-refractivity contribution in [3.8, 4) is 22.5 Å². The molecule has 182 valence electrons. The van der Waals surface area contributed by atoms with Gasteiger partial charge in [0.15, 0.2) is 5.65 Å². The number of aromatic amines is 1. The summed E-state index contributed by atoms with van der Waals surface area (Å²) >= 11 is 0. The Hall–Kier alpha value is -3.78. The Bertz CT molecular complexity index is 1580. The van der Waals surface area contributed by atoms with E-state index in [2.05, 4.69) is 33.2 Å². The molecule has 1 aliphatic carbocycles. The molecule has 8 heteroatoms. The van der Waals surface area contributed by atoms with Gasteiger partial charge in [0.25, 0.3) is 0 Å². The van der Waals surface area contributed by atoms with Crippen LogP contribution < -0.4 is 10.2 Å². The molecule has 2 N–H and O–H groups in total. The predicted molar refractivity (Wildman–Crippen MR) is 140 cm³/mol. The highest BCUT2D eigenvalue weighted by Gasteiger charge is 2.38. The zero-order valence-electron chi connectivity index (χ0n) is 20.3. The zero-order valence-corrected chi connectivity index (χ0v) is 20.3. The number of nitrogens with zero attached hydrogens (tertiary/aromatic N) is 5. The first-order valence-electron chi connectivity index (χ1n) is 12.7. The summed E-state index contributed by atoms with van der Waals surface area (Å²) in [7, 11) is 0. The number of rotatable bonds is 3. The molecule has 0 atom stereocenters. The monoisotopic (exact) mass is 481 g/mol. The van der Waals surface area contributed by atoms with Gasteiger partial charge in [0.2, 0.25) is 0 Å². The largest absolute Gasteiger partial charge is 0.352 e. The van der Waals surface area contributed by atoms with Crippen molar-refractivity contribution < 1.29 is 4.39 Å². The highest BCUT2D eigenvalue weighted by Crippen LogP contribution is 2.38. The number of imidazole rings is 1. The topological polar surface area (TPSA) is 74.1 Å². The molecule has 5 heterocycles. The van der Waals surface area contributed by atoms with E-state index in [1.165, 1.54) is 37.8 Å². The minimum Gasteiger partial charge on any atom is -0.352 e. The molecule has 5 aromatic rings. The Labute approximate surface area is 208 Å². The Morgan fingerprint density at radius 3 is 2.72 bits per heavy atom. The fraction of sp³-hybridized carbons (Fsp3) is 0.321. The standard InChI is InChI=1S/C28H28FN7/c1-18-16-23(35-15-14-32-28(17-35)10-2-3-11-28)34-36-25(21-8-12-30-26-22(21)9-13-31-26)24(33-27(18)36)19-4-6-20(29)7-5-19/h4-9,12-13,16,32H,2-3,10-11,14-15,17H2,1H3,(H,30,31). The smallest absolute Gasteiger partial charge is 0.158 e. The molecule has 0 bridgehead atoms. The summed E-state index contributed by atoms with van der Waals surface area (Å²) in [4.78, 5) is 15.2. The van der Waals surface area contributed by atoms with Crippen LogP contribution in [0.5, 0.6) is 0 Å². The maximum atomic E-state index is 13.8. The number of hydrogen-bond acceptors (Lipinski definition) is 5. The van der Waals surface area contributed by atoms with Crippen LogP contribution in [-0.2, 0) is 0 Å². The van der Waals surface area contributed by atoms with Gasteiger partial charge in [0.05, 0.1) is 5.69 Å². The van der Waals surface area contributed by atoms with E-state index in [-0.39, 0.29) is 11.4 Å². The number of anilines is 1. The third-order valence-electron chi connectivity index (χ3n) is 7.85. The molecule has 0 amide bonds. The van der Waals surface area contributed by atoms with Crippen LogP contribution in [0.4, 0.5) is 10.2 Å². The molecule has 1 aromatic carbocycles. The first-order chi connectivity index (χ1) is 17.6. The number of aryl methyl sites for hydroxylation is 1. The van der Waals surface area contributed by atoms with Crippen molar-refractivity contribution in [1.29, 1.82) is 0 Å². The molecule has 2 fully saturated rings. The van der Waals surface area contributed by atoms with E-state index in [1.54, 1.807) is 18.3 Å². The lowest BCUT2D eigenvalue weighted by atomic mass is 9.94. The SMILES string of the molecule is Cc1cc(N2CCNC3(CCCC3)C2)nn2c(-c3ccnc4[nH]ccc34)c(-c3ccc(F)cc3)nc12. The van der Waals surface area contributed by atoms with Crippen LogP contribution in [-0.4, -0.2) is 49.7 Å². The Morgan fingerprint density at radius 2 is 1.89 bits per heavy atom. The van der Waals surface area contributed by atoms with Crippen molar-refractivity contribution in [2.75, 3.05) is 24.5 Å². The van der Waals surface area contributed by atoms with E-state index in [0.717, 1.165) is 70.2 Å². The molecule has 4 aromatic heterocycles. The summed E-state index contributed by atoms with van der Waals surface area (Å²) in [6.07, 6.45) is 8.71. The summed E-state index contributed by atoms with van der Waals surface area (Å²) in [5.41, 5.74) is 6.39. The molecular weight excluding hydrogens is 453 g/mol. The van der Waals surface area contributed by atoms with Crippen LogP contribution in [0.1, 0.15) is 31.2 Å². The first-order valence-corrected chi connectivity index (χ1v) is 12.7. The molecular formula is C28H28FN7. The Balaban J connectivity index is 1.45. The van der Waals surface area contributed by atoms with Gasteiger partial charge in [0.1, 0.15) is 23.0 Å². The van der Waals surface area contributed by atoms with E-state index in [0.29, 0.717) is 0 Å². The summed E-state index contributed by atoms with van der Waals surface area (Å²) in [6.45, 7) is 4.95. The molecule has 0 unspecified atom stereocenters. The number of piperazine rings is 1. The van der Waals surface area contributed by atoms with Gasteiger partial charge in [0, 0.05) is 54.1 Å². The number of H-pyrrole nitrogens is 1. The fourth-order valence-corrected chi connectivity index (χ4v) is 6.07. The lowest BCUT2D eigenvalue weighted by Crippen LogP contribution is -2.59. The van der Waals surface area contributed by atoms with Gasteiger partial charge in [-0.15, -0.1) is 5.10 Å². The molecule has 7 nitrogen and oxygen atoms in total. The normalized spacial score (nSPS) is 17.6. The predicted octanol–water partition coefficient (Wildman–Crippen LogP) is 5.11. The number of halogens is 1. The van der Waals surface area contributed by atoms with E-state index < -0.39 is 0 Å². The number of benzene rings is 1. The van der Waals surface area contributed by atoms with Crippen LogP contribution in [0.2, 0.25) is 0 Å². The van der Waals surface area contributed by atoms with Crippen LogP contribution in [0.3, 0.4) is 0 Å². The van der Waals surface area contributed by atoms with Gasteiger partial charge in [-0.3, -0.25) is 0 Å². The van der Waals surface area contributed by atoms with E-state index >= 15 is 0 Å². The quantitative estimate of drug-likeness (QED) is 0.375. The van der Waals surface area contributed by atoms with Gasteiger partial charge in [-0.25, -0.2) is 18.9 Å². The van der Waals surface area contributed by atoms with Crippen LogP contribution in [0.15, 0.2) is 54.9 Å². The Morgan fingerprint density at radius 1 is 1.06 bits per heavy atom. The van der Waals surface area contributed by atoms with Gasteiger partial charge in [-0.1, -0.05) is 12.8 Å². The van der Waals surface area contributed by atoms with Crippen molar-refractivity contribution in [2.24, 2.45) is 0 Å². The van der Waals surface area contributed by atoms with Gasteiger partial charge >= 0.3 is 0 Å². The summed E-state index contributed by atoms with van der Waals surface area (Å²) in [5, 5.41) is 9.99. The molecule has 36 heavy (non-hydrogen) atoms. The fourth-order valence-electron chi connectivity index (χ4n) is 6.07. The Kier molecular flexibility index (Phi) is 4.86. The van der Waals surface area contributed by atoms with Crippen molar-refractivity contribution in [3.63, 3.8) is 0 Å². The third kappa shape index (κ3) is 3.39. The van der Waals surface area contributed by atoms with E-state index in [9.17, 15) is 4.39 Å². The highest BCUT2D eigenvalue weighted by molar-refractivity contribution is 5.97. The highest BCUT2D eigenvalue weighted by atomic mass is 19.1. The number of pyridine rings is 1. The zero-order chi connectivity index (χ0) is 24.3. The molecule has 1 saturated carbocycles. The summed E-state index contributed by atoms with van der Waals surface area (Å²) < 4.78 is 15.8. The minimum atomic E-state index is -0.267. The third-order valence-corrected chi connectivity index (χ3v) is 7.85. The number of hydrogen-bond donors (Lipinski definition) is 2.